The van der Waals surface area contributed by atoms with Crippen molar-refractivity contribution in [2.24, 2.45) is 0 Å². The third kappa shape index (κ3) is 3.76. The van der Waals surface area contributed by atoms with Crippen molar-refractivity contribution in [3.63, 3.8) is 0 Å². The number of hydrogen-bond donors (Lipinski definition) is 0. The average Bonchev–Trinajstić information content (AvgIpc) is 2.16. The molecule has 0 aliphatic heterocycles. The molecule has 0 aliphatic carbocycles. The van der Waals surface area contributed by atoms with E-state index in [1.54, 1.807) is 0 Å². The number of alkyl halides is 3. The van der Waals surface area contributed by atoms with Gasteiger partial charge < -0.3 is 4.74 Å². The monoisotopic (exact) mass is 235 g/mol. The van der Waals surface area contributed by atoms with Crippen LogP contribution in [-0.4, -0.2) is 17.7 Å². The minimum Gasteiger partial charge on any atom is -0.486 e. The standard InChI is InChI=1S/C9H8F3NO3/c10-9(11,12)5-6-16-8-4-2-1-3-7(8)13(14)15/h1-4H,5-6H2. The minimum absolute atomic E-state index is 0.156. The van der Waals surface area contributed by atoms with Gasteiger partial charge in [-0.05, 0) is 6.07 Å². The predicted octanol–water partition coefficient (Wildman–Crippen LogP) is 2.93. The number of nitro benzene ring substituents is 1. The van der Waals surface area contributed by atoms with Crippen molar-refractivity contribution >= 4 is 5.69 Å². The molecule has 0 aromatic heterocycles. The fourth-order valence-corrected chi connectivity index (χ4v) is 1.01. The smallest absolute Gasteiger partial charge is 0.392 e. The molecule has 0 saturated heterocycles. The predicted molar refractivity (Wildman–Crippen MR) is 49.3 cm³/mol. The van der Waals surface area contributed by atoms with Gasteiger partial charge in [0, 0.05) is 6.07 Å². The fourth-order valence-electron chi connectivity index (χ4n) is 1.01. The molecule has 1 aromatic carbocycles. The molecule has 1 aromatic rings. The number of nitro groups is 1. The summed E-state index contributed by atoms with van der Waals surface area (Å²) in [6.07, 6.45) is -5.47. The summed E-state index contributed by atoms with van der Waals surface area (Å²) in [5.74, 6) is -0.156. The van der Waals surface area contributed by atoms with Gasteiger partial charge >= 0.3 is 11.9 Å². The molecule has 0 amide bonds. The summed E-state index contributed by atoms with van der Waals surface area (Å²) >= 11 is 0. The zero-order chi connectivity index (χ0) is 12.2. The Bertz CT molecular complexity index is 379. The van der Waals surface area contributed by atoms with E-state index in [1.807, 2.05) is 0 Å². The molecule has 0 bridgehead atoms. The van der Waals surface area contributed by atoms with Gasteiger partial charge in [0.25, 0.3) is 0 Å². The Balaban J connectivity index is 2.64. The van der Waals surface area contributed by atoms with Crippen LogP contribution in [0.2, 0.25) is 0 Å². The van der Waals surface area contributed by atoms with Crippen LogP contribution < -0.4 is 4.74 Å². The maximum Gasteiger partial charge on any atom is 0.392 e. The molecule has 0 radical (unpaired) electrons. The van der Waals surface area contributed by atoms with E-state index in [0.29, 0.717) is 0 Å². The molecule has 0 heterocycles. The first-order chi connectivity index (χ1) is 7.40. The third-order valence-corrected chi connectivity index (χ3v) is 1.71. The van der Waals surface area contributed by atoms with Gasteiger partial charge in [0.1, 0.15) is 0 Å². The van der Waals surface area contributed by atoms with Gasteiger partial charge in [-0.1, -0.05) is 12.1 Å². The molecule has 7 heteroatoms. The Kier molecular flexibility index (Phi) is 3.70. The highest BCUT2D eigenvalue weighted by Gasteiger charge is 2.27. The second-order valence-corrected chi connectivity index (χ2v) is 2.94. The number of halogens is 3. The molecule has 16 heavy (non-hydrogen) atoms. The second kappa shape index (κ2) is 4.82. The van der Waals surface area contributed by atoms with Crippen LogP contribution in [0.15, 0.2) is 24.3 Å². The van der Waals surface area contributed by atoms with E-state index < -0.39 is 24.1 Å². The lowest BCUT2D eigenvalue weighted by Crippen LogP contribution is -2.13. The summed E-state index contributed by atoms with van der Waals surface area (Å²) in [5, 5.41) is 10.5. The number of nitrogens with zero attached hydrogens (tertiary/aromatic N) is 1. The van der Waals surface area contributed by atoms with Gasteiger partial charge in [0.05, 0.1) is 18.0 Å². The van der Waals surface area contributed by atoms with Crippen LogP contribution in [-0.2, 0) is 0 Å². The molecule has 4 nitrogen and oxygen atoms in total. The van der Waals surface area contributed by atoms with Crippen LogP contribution in [0.4, 0.5) is 18.9 Å². The van der Waals surface area contributed by atoms with E-state index in [9.17, 15) is 23.3 Å². The maximum absolute atomic E-state index is 11.8. The van der Waals surface area contributed by atoms with Crippen molar-refractivity contribution in [3.8, 4) is 5.75 Å². The largest absolute Gasteiger partial charge is 0.486 e. The van der Waals surface area contributed by atoms with E-state index >= 15 is 0 Å². The maximum atomic E-state index is 11.8. The van der Waals surface area contributed by atoms with Crippen LogP contribution in [0.25, 0.3) is 0 Å². The molecule has 0 atom stereocenters. The molecule has 88 valence electrons. The Hall–Kier alpha value is -1.79. The lowest BCUT2D eigenvalue weighted by atomic mass is 10.3. The van der Waals surface area contributed by atoms with Gasteiger partial charge in [0.2, 0.25) is 0 Å². The summed E-state index contributed by atoms with van der Waals surface area (Å²) in [6.45, 7) is -0.631. The molecule has 0 unspecified atom stereocenters. The minimum atomic E-state index is -4.33. The van der Waals surface area contributed by atoms with Gasteiger partial charge in [-0.15, -0.1) is 0 Å². The molecule has 1 rings (SSSR count). The lowest BCUT2D eigenvalue weighted by Gasteiger charge is -2.08. The molecule has 0 fully saturated rings. The number of benzene rings is 1. The number of para-hydroxylation sites is 2. The van der Waals surface area contributed by atoms with Crippen molar-refractivity contribution in [1.82, 2.24) is 0 Å². The van der Waals surface area contributed by atoms with Crippen molar-refractivity contribution in [2.45, 2.75) is 12.6 Å². The van der Waals surface area contributed by atoms with Crippen LogP contribution >= 0.6 is 0 Å². The van der Waals surface area contributed by atoms with Crippen LogP contribution in [0, 0.1) is 10.1 Å². The Morgan fingerprint density at radius 3 is 2.50 bits per heavy atom. The second-order valence-electron chi connectivity index (χ2n) is 2.94. The summed E-state index contributed by atoms with van der Waals surface area (Å²) in [7, 11) is 0. The van der Waals surface area contributed by atoms with Gasteiger partial charge in [0.15, 0.2) is 5.75 Å². The number of hydrogen-bond acceptors (Lipinski definition) is 3. The first-order valence-corrected chi connectivity index (χ1v) is 4.33. The molecule has 0 saturated carbocycles. The highest BCUT2D eigenvalue weighted by Crippen LogP contribution is 2.27. The first kappa shape index (κ1) is 12.3. The topological polar surface area (TPSA) is 52.4 Å². The van der Waals surface area contributed by atoms with Crippen molar-refractivity contribution < 1.29 is 22.8 Å². The lowest BCUT2D eigenvalue weighted by molar-refractivity contribution is -0.385. The van der Waals surface area contributed by atoms with Gasteiger partial charge in [-0.2, -0.15) is 13.2 Å². The zero-order valence-corrected chi connectivity index (χ0v) is 8.03. The SMILES string of the molecule is O=[N+]([O-])c1ccccc1OCCC(F)(F)F. The van der Waals surface area contributed by atoms with Crippen LogP contribution in [0.1, 0.15) is 6.42 Å². The quantitative estimate of drug-likeness (QED) is 0.595. The highest BCUT2D eigenvalue weighted by molar-refractivity contribution is 5.45. The van der Waals surface area contributed by atoms with Gasteiger partial charge in [-0.25, -0.2) is 0 Å². The normalized spacial score (nSPS) is 11.2. The summed E-state index contributed by atoms with van der Waals surface area (Å²) in [5.41, 5.74) is -0.343. The summed E-state index contributed by atoms with van der Waals surface area (Å²) in [4.78, 5) is 9.78. The van der Waals surface area contributed by atoms with Crippen LogP contribution in [0.3, 0.4) is 0 Å². The molecular formula is C9H8F3NO3. The number of ether oxygens (including phenoxy) is 1. The third-order valence-electron chi connectivity index (χ3n) is 1.71. The molecule has 0 spiro atoms. The summed E-state index contributed by atoms with van der Waals surface area (Å²) < 4.78 is 40.1. The van der Waals surface area contributed by atoms with E-state index in [-0.39, 0.29) is 11.4 Å². The van der Waals surface area contributed by atoms with Gasteiger partial charge in [-0.3, -0.25) is 10.1 Å². The highest BCUT2D eigenvalue weighted by atomic mass is 19.4. The van der Waals surface area contributed by atoms with Crippen molar-refractivity contribution in [2.75, 3.05) is 6.61 Å². The molecule has 0 N–H and O–H groups in total. The fraction of sp³-hybridized carbons (Fsp3) is 0.333. The number of rotatable bonds is 4. The first-order valence-electron chi connectivity index (χ1n) is 4.33. The molecule has 0 aliphatic rings. The summed E-state index contributed by atoms with van der Waals surface area (Å²) in [6, 6.07) is 5.29. The van der Waals surface area contributed by atoms with E-state index in [0.717, 1.165) is 0 Å². The molecular weight excluding hydrogens is 227 g/mol. The Morgan fingerprint density at radius 1 is 1.31 bits per heavy atom. The van der Waals surface area contributed by atoms with E-state index in [4.69, 9.17) is 4.74 Å². The Labute approximate surface area is 88.8 Å². The zero-order valence-electron chi connectivity index (χ0n) is 8.03. The Morgan fingerprint density at radius 2 is 1.94 bits per heavy atom. The van der Waals surface area contributed by atoms with Crippen molar-refractivity contribution in [3.05, 3.63) is 34.4 Å². The van der Waals surface area contributed by atoms with E-state index in [1.165, 1.54) is 24.3 Å². The van der Waals surface area contributed by atoms with E-state index in [2.05, 4.69) is 0 Å². The van der Waals surface area contributed by atoms with Crippen molar-refractivity contribution in [1.29, 1.82) is 0 Å². The average molecular weight is 235 g/mol. The van der Waals surface area contributed by atoms with Crippen LogP contribution in [0.5, 0.6) is 5.75 Å².